The van der Waals surface area contributed by atoms with E-state index in [1.807, 2.05) is 30.3 Å². The van der Waals surface area contributed by atoms with E-state index in [4.69, 9.17) is 0 Å². The van der Waals surface area contributed by atoms with Gasteiger partial charge in [0.1, 0.15) is 22.5 Å². The first kappa shape index (κ1) is 21.4. The number of unbranched alkanes of at least 4 members (excludes halogenated alkanes) is 6. The number of aromatic hydroxyl groups is 1. The molecule has 4 nitrogen and oxygen atoms in total. The molecule has 2 aromatic carbocycles. The van der Waals surface area contributed by atoms with Crippen molar-refractivity contribution in [3.63, 3.8) is 0 Å². The Morgan fingerprint density at radius 2 is 1.45 bits per heavy atom. The lowest BCUT2D eigenvalue weighted by atomic mass is 9.85. The quantitative estimate of drug-likeness (QED) is 0.411. The van der Waals surface area contributed by atoms with Gasteiger partial charge in [-0.05, 0) is 47.6 Å². The minimum Gasteiger partial charge on any atom is -0.505 e. The molecule has 1 N–H and O–H groups in total. The Labute approximate surface area is 175 Å². The Balaban J connectivity index is 1.83. The van der Waals surface area contributed by atoms with Gasteiger partial charge in [-0.1, -0.05) is 84.4 Å². The molecule has 0 aliphatic rings. The maximum Gasteiger partial charge on any atom is 0.146 e. The van der Waals surface area contributed by atoms with Gasteiger partial charge in [-0.25, -0.2) is 0 Å². The first-order chi connectivity index (χ1) is 13.9. The van der Waals surface area contributed by atoms with E-state index in [-0.39, 0.29) is 5.41 Å². The number of hydrogen-bond acceptors (Lipinski definition) is 3. The molecule has 0 saturated heterocycles. The molecule has 0 aliphatic carbocycles. The molecule has 4 heteroatoms. The predicted molar refractivity (Wildman–Crippen MR) is 121 cm³/mol. The standard InChI is InChI=1S/C25H35N3O/c1-5-6-7-8-9-10-11-14-19-17-20(25(2,3)4)18-23(24(19)29)28-26-21-15-12-13-16-22(21)27-28/h12-13,15-18,29H,5-11,14H2,1-4H3. The highest BCUT2D eigenvalue weighted by Crippen LogP contribution is 2.34. The van der Waals surface area contributed by atoms with Crippen molar-refractivity contribution in [1.29, 1.82) is 0 Å². The highest BCUT2D eigenvalue weighted by molar-refractivity contribution is 5.73. The van der Waals surface area contributed by atoms with Gasteiger partial charge >= 0.3 is 0 Å². The highest BCUT2D eigenvalue weighted by Gasteiger charge is 2.20. The second kappa shape index (κ2) is 9.43. The SMILES string of the molecule is CCCCCCCCCc1cc(C(C)(C)C)cc(-n2nc3ccccc3n2)c1O. The van der Waals surface area contributed by atoms with Gasteiger partial charge in [-0.3, -0.25) is 0 Å². The van der Waals surface area contributed by atoms with Crippen LogP contribution < -0.4 is 0 Å². The largest absolute Gasteiger partial charge is 0.505 e. The molecule has 3 aromatic rings. The molecule has 0 amide bonds. The van der Waals surface area contributed by atoms with E-state index >= 15 is 0 Å². The molecule has 29 heavy (non-hydrogen) atoms. The van der Waals surface area contributed by atoms with Gasteiger partial charge in [0.2, 0.25) is 0 Å². The Hall–Kier alpha value is -2.36. The molecule has 0 unspecified atom stereocenters. The minimum absolute atomic E-state index is 0.00999. The maximum absolute atomic E-state index is 11.0. The Bertz CT molecular complexity index is 904. The van der Waals surface area contributed by atoms with E-state index in [1.165, 1.54) is 44.1 Å². The zero-order valence-corrected chi connectivity index (χ0v) is 18.4. The Morgan fingerprint density at radius 1 is 0.862 bits per heavy atom. The fourth-order valence-corrected chi connectivity index (χ4v) is 3.69. The van der Waals surface area contributed by atoms with Crippen molar-refractivity contribution >= 4 is 11.0 Å². The summed E-state index contributed by atoms with van der Waals surface area (Å²) in [4.78, 5) is 1.59. The van der Waals surface area contributed by atoms with Crippen LogP contribution >= 0.6 is 0 Å². The van der Waals surface area contributed by atoms with Crippen molar-refractivity contribution < 1.29 is 5.11 Å². The summed E-state index contributed by atoms with van der Waals surface area (Å²) in [6.07, 6.45) is 9.75. The molecule has 0 bridgehead atoms. The zero-order valence-electron chi connectivity index (χ0n) is 18.4. The third-order valence-electron chi connectivity index (χ3n) is 5.59. The highest BCUT2D eigenvalue weighted by atomic mass is 16.3. The number of hydrogen-bond donors (Lipinski definition) is 1. The van der Waals surface area contributed by atoms with Crippen LogP contribution in [0.15, 0.2) is 36.4 Å². The molecule has 1 heterocycles. The number of fused-ring (bicyclic) bond motifs is 1. The van der Waals surface area contributed by atoms with E-state index in [9.17, 15) is 5.11 Å². The number of aromatic nitrogens is 3. The van der Waals surface area contributed by atoms with Gasteiger partial charge in [0.15, 0.2) is 0 Å². The second-order valence-corrected chi connectivity index (χ2v) is 9.10. The van der Waals surface area contributed by atoms with Crippen LogP contribution in [0.4, 0.5) is 0 Å². The monoisotopic (exact) mass is 393 g/mol. The molecule has 0 fully saturated rings. The molecule has 0 spiro atoms. The summed E-state index contributed by atoms with van der Waals surface area (Å²) in [5.74, 6) is 0.310. The van der Waals surface area contributed by atoms with Crippen molar-refractivity contribution in [1.82, 2.24) is 15.0 Å². The fraction of sp³-hybridized carbons (Fsp3) is 0.520. The summed E-state index contributed by atoms with van der Waals surface area (Å²) in [6.45, 7) is 8.86. The molecule has 3 rings (SSSR count). The van der Waals surface area contributed by atoms with E-state index in [1.54, 1.807) is 4.80 Å². The minimum atomic E-state index is -0.00999. The van der Waals surface area contributed by atoms with Crippen LogP contribution in [0.3, 0.4) is 0 Å². The number of nitrogens with zero attached hydrogens (tertiary/aromatic N) is 3. The van der Waals surface area contributed by atoms with E-state index in [2.05, 4.69) is 44.0 Å². The van der Waals surface area contributed by atoms with E-state index < -0.39 is 0 Å². The van der Waals surface area contributed by atoms with Crippen LogP contribution in [0, 0.1) is 0 Å². The number of phenols is 1. The third-order valence-corrected chi connectivity index (χ3v) is 5.59. The lowest BCUT2D eigenvalue weighted by Crippen LogP contribution is -2.13. The average molecular weight is 394 g/mol. The van der Waals surface area contributed by atoms with Gasteiger partial charge < -0.3 is 5.11 Å². The molecule has 0 saturated carbocycles. The number of rotatable bonds is 9. The van der Waals surface area contributed by atoms with Crippen LogP contribution in [0.1, 0.15) is 83.8 Å². The number of benzene rings is 2. The second-order valence-electron chi connectivity index (χ2n) is 9.10. The zero-order chi connectivity index (χ0) is 20.9. The van der Waals surface area contributed by atoms with Crippen molar-refractivity contribution in [2.24, 2.45) is 0 Å². The van der Waals surface area contributed by atoms with Gasteiger partial charge in [-0.2, -0.15) is 0 Å². The van der Waals surface area contributed by atoms with Crippen molar-refractivity contribution in [3.8, 4) is 11.4 Å². The predicted octanol–water partition coefficient (Wildman–Crippen LogP) is 6.72. The van der Waals surface area contributed by atoms with Gasteiger partial charge in [0.05, 0.1) is 0 Å². The van der Waals surface area contributed by atoms with Crippen LogP contribution in [0.2, 0.25) is 0 Å². The molecule has 0 atom stereocenters. The van der Waals surface area contributed by atoms with Crippen LogP contribution in [0.25, 0.3) is 16.7 Å². The van der Waals surface area contributed by atoms with Gasteiger partial charge in [0.25, 0.3) is 0 Å². The third kappa shape index (κ3) is 5.37. The maximum atomic E-state index is 11.0. The number of aryl methyl sites for hydroxylation is 1. The van der Waals surface area contributed by atoms with Crippen molar-refractivity contribution in [2.75, 3.05) is 0 Å². The summed E-state index contributed by atoms with van der Waals surface area (Å²) in [5.41, 5.74) is 4.53. The van der Waals surface area contributed by atoms with E-state index in [0.717, 1.165) is 29.4 Å². The smallest absolute Gasteiger partial charge is 0.146 e. The molecule has 1 aromatic heterocycles. The van der Waals surface area contributed by atoms with Gasteiger partial charge in [-0.15, -0.1) is 15.0 Å². The molecular formula is C25H35N3O. The summed E-state index contributed by atoms with van der Waals surface area (Å²) < 4.78 is 0. The molecule has 156 valence electrons. The Kier molecular flexibility index (Phi) is 6.94. The molecule has 0 radical (unpaired) electrons. The summed E-state index contributed by atoms with van der Waals surface area (Å²) in [5, 5.41) is 20.2. The van der Waals surface area contributed by atoms with Crippen LogP contribution in [0.5, 0.6) is 5.75 Å². The summed E-state index contributed by atoms with van der Waals surface area (Å²) in [7, 11) is 0. The first-order valence-corrected chi connectivity index (χ1v) is 11.1. The topological polar surface area (TPSA) is 50.9 Å². The normalized spacial score (nSPS) is 12.0. The van der Waals surface area contributed by atoms with Gasteiger partial charge in [0, 0.05) is 0 Å². The Morgan fingerprint density at radius 3 is 2.03 bits per heavy atom. The van der Waals surface area contributed by atoms with Crippen molar-refractivity contribution in [3.05, 3.63) is 47.5 Å². The van der Waals surface area contributed by atoms with Crippen molar-refractivity contribution in [2.45, 2.75) is 84.5 Å². The summed E-state index contributed by atoms with van der Waals surface area (Å²) in [6, 6.07) is 12.0. The lowest BCUT2D eigenvalue weighted by Gasteiger charge is -2.22. The van der Waals surface area contributed by atoms with Crippen LogP contribution in [-0.2, 0) is 11.8 Å². The number of phenolic OH excluding ortho intramolecular Hbond substituents is 1. The molecular weight excluding hydrogens is 358 g/mol. The summed E-state index contributed by atoms with van der Waals surface area (Å²) >= 11 is 0. The first-order valence-electron chi connectivity index (χ1n) is 11.1. The lowest BCUT2D eigenvalue weighted by molar-refractivity contribution is 0.456. The molecule has 0 aliphatic heterocycles. The van der Waals surface area contributed by atoms with Crippen LogP contribution in [-0.4, -0.2) is 20.1 Å². The van der Waals surface area contributed by atoms with E-state index in [0.29, 0.717) is 11.4 Å². The fourth-order valence-electron chi connectivity index (χ4n) is 3.69. The average Bonchev–Trinajstić information content (AvgIpc) is 3.11.